The van der Waals surface area contributed by atoms with E-state index in [0.717, 1.165) is 35.4 Å². The summed E-state index contributed by atoms with van der Waals surface area (Å²) in [6.45, 7) is 4.95. The van der Waals surface area contributed by atoms with Crippen molar-refractivity contribution in [1.29, 1.82) is 0 Å². The molecule has 0 aliphatic rings. The van der Waals surface area contributed by atoms with E-state index in [9.17, 15) is 4.39 Å². The minimum atomic E-state index is -0.350. The maximum absolute atomic E-state index is 14.5. The first-order chi connectivity index (χ1) is 15.2. The second-order valence-corrected chi connectivity index (χ2v) is 8.95. The van der Waals surface area contributed by atoms with Crippen molar-refractivity contribution in [3.05, 3.63) is 53.8 Å². The predicted octanol–water partition coefficient (Wildman–Crippen LogP) is 8.09. The molecule has 5 heteroatoms. The lowest BCUT2D eigenvalue weighted by Crippen LogP contribution is -1.99. The molecule has 0 N–H and O–H groups in total. The van der Waals surface area contributed by atoms with Gasteiger partial charge in [0.2, 0.25) is 0 Å². The van der Waals surface area contributed by atoms with Gasteiger partial charge in [-0.2, -0.15) is 0 Å². The van der Waals surface area contributed by atoms with Crippen LogP contribution >= 0.6 is 11.3 Å². The van der Waals surface area contributed by atoms with Crippen LogP contribution in [0.15, 0.2) is 42.5 Å². The van der Waals surface area contributed by atoms with Crippen molar-refractivity contribution >= 4 is 11.3 Å². The van der Waals surface area contributed by atoms with E-state index in [1.54, 1.807) is 6.07 Å². The Hall–Kier alpha value is -2.27. The lowest BCUT2D eigenvalue weighted by molar-refractivity contribution is 0.290. The summed E-state index contributed by atoms with van der Waals surface area (Å²) >= 11 is 1.48. The summed E-state index contributed by atoms with van der Waals surface area (Å²) in [5.41, 5.74) is 3.14. The summed E-state index contributed by atoms with van der Waals surface area (Å²) in [5.74, 6) is -0.0447. The first-order valence-electron chi connectivity index (χ1n) is 11.6. The van der Waals surface area contributed by atoms with Crippen molar-refractivity contribution in [1.82, 2.24) is 10.2 Å². The summed E-state index contributed by atoms with van der Waals surface area (Å²) in [6.07, 6.45) is 10.6. The predicted molar refractivity (Wildman–Crippen MR) is 128 cm³/mol. The molecule has 0 radical (unpaired) electrons. The highest BCUT2D eigenvalue weighted by atomic mass is 32.1. The van der Waals surface area contributed by atoms with Crippen molar-refractivity contribution in [2.24, 2.45) is 0 Å². The fourth-order valence-corrected chi connectivity index (χ4v) is 4.33. The normalized spacial score (nSPS) is 11.1. The van der Waals surface area contributed by atoms with Crippen molar-refractivity contribution < 1.29 is 9.13 Å². The van der Waals surface area contributed by atoms with Gasteiger partial charge in [0.1, 0.15) is 10.0 Å². The number of ether oxygens (including phenoxy) is 1. The van der Waals surface area contributed by atoms with Crippen LogP contribution in [0.4, 0.5) is 4.39 Å². The van der Waals surface area contributed by atoms with E-state index < -0.39 is 0 Å². The van der Waals surface area contributed by atoms with Gasteiger partial charge in [0.25, 0.3) is 0 Å². The maximum atomic E-state index is 14.5. The lowest BCUT2D eigenvalue weighted by atomic mass is 10.0. The summed E-state index contributed by atoms with van der Waals surface area (Å²) in [6, 6.07) is 13.6. The van der Waals surface area contributed by atoms with Gasteiger partial charge in [-0.1, -0.05) is 88.0 Å². The molecule has 1 heterocycles. The monoisotopic (exact) mass is 440 g/mol. The Morgan fingerprint density at radius 2 is 1.42 bits per heavy atom. The van der Waals surface area contributed by atoms with Gasteiger partial charge in [0.15, 0.2) is 11.6 Å². The van der Waals surface area contributed by atoms with Crippen molar-refractivity contribution in [2.45, 2.75) is 71.6 Å². The molecule has 3 rings (SSSR count). The van der Waals surface area contributed by atoms with Gasteiger partial charge in [-0.3, -0.25) is 0 Å². The first kappa shape index (κ1) is 23.4. The average molecular weight is 441 g/mol. The third kappa shape index (κ3) is 7.13. The molecule has 3 nitrogen and oxygen atoms in total. The largest absolute Gasteiger partial charge is 0.491 e. The maximum Gasteiger partial charge on any atom is 0.165 e. The van der Waals surface area contributed by atoms with Gasteiger partial charge in [-0.25, -0.2) is 4.39 Å². The number of aryl methyl sites for hydroxylation is 1. The SMILES string of the molecule is CCCCCCOc1ccc(-c2nnc(-c3ccc(CCCCCC)cc3)s2)cc1F. The molecule has 0 saturated carbocycles. The van der Waals surface area contributed by atoms with Gasteiger partial charge >= 0.3 is 0 Å². The lowest BCUT2D eigenvalue weighted by Gasteiger charge is -2.07. The highest BCUT2D eigenvalue weighted by Gasteiger charge is 2.12. The molecule has 31 heavy (non-hydrogen) atoms. The number of halogens is 1. The zero-order valence-electron chi connectivity index (χ0n) is 18.7. The number of hydrogen-bond acceptors (Lipinski definition) is 4. The van der Waals surface area contributed by atoms with E-state index >= 15 is 0 Å². The van der Waals surface area contributed by atoms with E-state index in [4.69, 9.17) is 4.74 Å². The third-order valence-electron chi connectivity index (χ3n) is 5.38. The van der Waals surface area contributed by atoms with Gasteiger partial charge < -0.3 is 4.74 Å². The minimum absolute atomic E-state index is 0.305. The fourth-order valence-electron chi connectivity index (χ4n) is 3.49. The highest BCUT2D eigenvalue weighted by molar-refractivity contribution is 7.17. The van der Waals surface area contributed by atoms with Crippen LogP contribution in [0.1, 0.15) is 70.8 Å². The third-order valence-corrected chi connectivity index (χ3v) is 6.40. The van der Waals surface area contributed by atoms with E-state index in [-0.39, 0.29) is 5.82 Å². The second-order valence-electron chi connectivity index (χ2n) is 7.97. The topological polar surface area (TPSA) is 35.0 Å². The Bertz CT molecular complexity index is 923. The molecule has 1 aromatic heterocycles. The molecule has 0 fully saturated rings. The number of unbranched alkanes of at least 4 members (excludes halogenated alkanes) is 6. The zero-order valence-corrected chi connectivity index (χ0v) is 19.5. The molecule has 0 aliphatic heterocycles. The summed E-state index contributed by atoms with van der Waals surface area (Å²) in [7, 11) is 0. The van der Waals surface area contributed by atoms with E-state index in [0.29, 0.717) is 17.4 Å². The Morgan fingerprint density at radius 3 is 2.10 bits per heavy atom. The molecular formula is C26H33FN2OS. The molecule has 0 spiro atoms. The fraction of sp³-hybridized carbons (Fsp3) is 0.462. The number of aromatic nitrogens is 2. The molecule has 0 aliphatic carbocycles. The number of hydrogen-bond donors (Lipinski definition) is 0. The average Bonchev–Trinajstić information content (AvgIpc) is 3.28. The molecule has 2 aromatic carbocycles. The van der Waals surface area contributed by atoms with Crippen LogP contribution in [0.25, 0.3) is 21.1 Å². The van der Waals surface area contributed by atoms with Crippen LogP contribution in [0.3, 0.4) is 0 Å². The Balaban J connectivity index is 1.59. The number of rotatable bonds is 13. The van der Waals surface area contributed by atoms with Crippen LogP contribution in [0, 0.1) is 5.82 Å². The van der Waals surface area contributed by atoms with Crippen molar-refractivity contribution in [3.63, 3.8) is 0 Å². The zero-order chi connectivity index (χ0) is 21.9. The van der Waals surface area contributed by atoms with Gasteiger partial charge in [0, 0.05) is 11.1 Å². The van der Waals surface area contributed by atoms with E-state index in [1.807, 2.05) is 6.07 Å². The van der Waals surface area contributed by atoms with Crippen LogP contribution in [0.2, 0.25) is 0 Å². The summed E-state index contributed by atoms with van der Waals surface area (Å²) in [4.78, 5) is 0. The first-order valence-corrected chi connectivity index (χ1v) is 12.4. The number of benzene rings is 2. The minimum Gasteiger partial charge on any atom is -0.491 e. The quantitative estimate of drug-likeness (QED) is 0.252. The van der Waals surface area contributed by atoms with Crippen LogP contribution in [-0.4, -0.2) is 16.8 Å². The van der Waals surface area contributed by atoms with Crippen LogP contribution < -0.4 is 4.74 Å². The molecular weight excluding hydrogens is 407 g/mol. The molecule has 0 bridgehead atoms. The van der Waals surface area contributed by atoms with E-state index in [2.05, 4.69) is 48.3 Å². The summed E-state index contributed by atoms with van der Waals surface area (Å²) in [5, 5.41) is 10.2. The smallest absolute Gasteiger partial charge is 0.165 e. The van der Waals surface area contributed by atoms with Crippen molar-refractivity contribution in [3.8, 4) is 26.9 Å². The standard InChI is InChI=1S/C26H33FN2OS/c1-3-5-7-9-11-20-12-14-21(15-13-20)25-28-29-26(31-25)22-16-17-24(23(27)19-22)30-18-10-8-6-4-2/h12-17,19H,3-11,18H2,1-2H3. The van der Waals surface area contributed by atoms with Crippen LogP contribution in [0.5, 0.6) is 5.75 Å². The van der Waals surface area contributed by atoms with Gasteiger partial charge in [-0.05, 0) is 43.0 Å². The highest BCUT2D eigenvalue weighted by Crippen LogP contribution is 2.32. The number of nitrogens with zero attached hydrogens (tertiary/aromatic N) is 2. The molecule has 0 saturated heterocycles. The molecule has 166 valence electrons. The summed E-state index contributed by atoms with van der Waals surface area (Å²) < 4.78 is 20.1. The van der Waals surface area contributed by atoms with Gasteiger partial charge in [-0.15, -0.1) is 10.2 Å². The Morgan fingerprint density at radius 1 is 0.774 bits per heavy atom. The van der Waals surface area contributed by atoms with E-state index in [1.165, 1.54) is 61.5 Å². The molecule has 0 unspecified atom stereocenters. The molecule has 0 amide bonds. The molecule has 3 aromatic rings. The Kier molecular flexibility index (Phi) is 9.47. The second kappa shape index (κ2) is 12.6. The Labute approximate surface area is 189 Å². The van der Waals surface area contributed by atoms with Gasteiger partial charge in [0.05, 0.1) is 6.61 Å². The van der Waals surface area contributed by atoms with Crippen LogP contribution in [-0.2, 0) is 6.42 Å². The van der Waals surface area contributed by atoms with Crippen molar-refractivity contribution in [2.75, 3.05) is 6.61 Å². The molecule has 0 atom stereocenters.